The second kappa shape index (κ2) is 5.30. The lowest BCUT2D eigenvalue weighted by molar-refractivity contribution is 0.505. The number of rotatable bonds is 1. The topological polar surface area (TPSA) is 26.0 Å². The molecule has 1 saturated carbocycles. The fourth-order valence-corrected chi connectivity index (χ4v) is 4.07. The zero-order valence-corrected chi connectivity index (χ0v) is 12.7. The van der Waals surface area contributed by atoms with E-state index in [1.807, 2.05) is 0 Å². The average molecular weight is 278 g/mol. The Morgan fingerprint density at radius 2 is 1.95 bits per heavy atom. The van der Waals surface area contributed by atoms with Crippen LogP contribution in [0.25, 0.3) is 0 Å². The van der Waals surface area contributed by atoms with Gasteiger partial charge in [0.1, 0.15) is 0 Å². The predicted octanol–water partition coefficient (Wildman–Crippen LogP) is 4.14. The van der Waals surface area contributed by atoms with Crippen LogP contribution in [0.5, 0.6) is 0 Å². The van der Waals surface area contributed by atoms with Crippen LogP contribution < -0.4 is 5.73 Å². The van der Waals surface area contributed by atoms with Crippen molar-refractivity contribution in [2.75, 3.05) is 0 Å². The second-order valence-electron chi connectivity index (χ2n) is 6.04. The van der Waals surface area contributed by atoms with Crippen LogP contribution in [0.15, 0.2) is 35.4 Å². The molecule has 2 aliphatic rings. The van der Waals surface area contributed by atoms with Crippen molar-refractivity contribution in [3.8, 4) is 0 Å². The van der Waals surface area contributed by atoms with Gasteiger partial charge in [-0.3, -0.25) is 0 Å². The van der Waals surface area contributed by atoms with Gasteiger partial charge in [0.05, 0.1) is 0 Å². The smallest absolute Gasteiger partial charge is 0.0225 e. The zero-order valence-electron chi connectivity index (χ0n) is 11.9. The lowest BCUT2D eigenvalue weighted by atomic mass is 9.74. The molecule has 1 aromatic rings. The van der Waals surface area contributed by atoms with Crippen LogP contribution in [0, 0.1) is 0 Å². The molecule has 104 valence electrons. The summed E-state index contributed by atoms with van der Waals surface area (Å²) in [6.07, 6.45) is 6.44. The molecule has 0 aliphatic heterocycles. The quantitative estimate of drug-likeness (QED) is 0.767. The maximum atomic E-state index is 6.13. The summed E-state index contributed by atoms with van der Waals surface area (Å²) in [6, 6.07) is 9.23. The van der Waals surface area contributed by atoms with Gasteiger partial charge in [0, 0.05) is 11.5 Å². The van der Waals surface area contributed by atoms with E-state index in [0.29, 0.717) is 5.41 Å². The molecule has 2 N–H and O–H groups in total. The Morgan fingerprint density at radius 3 is 2.68 bits per heavy atom. The van der Waals surface area contributed by atoms with Gasteiger partial charge in [-0.2, -0.15) is 0 Å². The van der Waals surface area contributed by atoms with Crippen LogP contribution >= 0.6 is 12.4 Å². The summed E-state index contributed by atoms with van der Waals surface area (Å²) >= 11 is 0. The standard InChI is InChI=1S/C17H23N.ClH/c1-12(13(2)18)15-8-5-10-17(15)11-9-14-6-3-4-7-16(14)17;/h3-4,6-7,13H,5,8-11,18H2,1-2H3;1H. The predicted molar refractivity (Wildman–Crippen MR) is 83.9 cm³/mol. The summed E-state index contributed by atoms with van der Waals surface area (Å²) in [5, 5.41) is 0. The van der Waals surface area contributed by atoms with Crippen molar-refractivity contribution in [1.29, 1.82) is 0 Å². The third kappa shape index (κ3) is 2.13. The summed E-state index contributed by atoms with van der Waals surface area (Å²) in [4.78, 5) is 0. The normalized spacial score (nSPS) is 29.0. The maximum Gasteiger partial charge on any atom is 0.0225 e. The molecule has 2 heteroatoms. The highest BCUT2D eigenvalue weighted by Gasteiger charge is 2.45. The molecular formula is C17H24ClN. The van der Waals surface area contributed by atoms with E-state index in [0.717, 1.165) is 0 Å². The molecule has 1 spiro atoms. The van der Waals surface area contributed by atoms with Crippen molar-refractivity contribution in [3.63, 3.8) is 0 Å². The van der Waals surface area contributed by atoms with Gasteiger partial charge in [0.15, 0.2) is 0 Å². The van der Waals surface area contributed by atoms with Gasteiger partial charge < -0.3 is 5.73 Å². The molecule has 0 heterocycles. The van der Waals surface area contributed by atoms with E-state index in [2.05, 4.69) is 38.1 Å². The molecule has 2 aliphatic carbocycles. The summed E-state index contributed by atoms with van der Waals surface area (Å²) in [7, 11) is 0. The molecule has 1 aromatic carbocycles. The maximum absolute atomic E-state index is 6.13. The Morgan fingerprint density at radius 1 is 1.21 bits per heavy atom. The van der Waals surface area contributed by atoms with Crippen molar-refractivity contribution in [1.82, 2.24) is 0 Å². The third-order valence-corrected chi connectivity index (χ3v) is 5.12. The van der Waals surface area contributed by atoms with Crippen LogP contribution in [-0.2, 0) is 11.8 Å². The minimum Gasteiger partial charge on any atom is -0.324 e. The molecule has 0 radical (unpaired) electrons. The van der Waals surface area contributed by atoms with E-state index in [1.54, 1.807) is 16.7 Å². The Kier molecular flexibility index (Phi) is 4.08. The molecular weight excluding hydrogens is 254 g/mol. The molecule has 0 saturated heterocycles. The lowest BCUT2D eigenvalue weighted by Gasteiger charge is -2.30. The zero-order chi connectivity index (χ0) is 12.8. The molecule has 2 unspecified atom stereocenters. The van der Waals surface area contributed by atoms with Crippen molar-refractivity contribution >= 4 is 12.4 Å². The Balaban J connectivity index is 0.00000133. The number of allylic oxidation sites excluding steroid dienone is 1. The Hall–Kier alpha value is -0.790. The van der Waals surface area contributed by atoms with E-state index < -0.39 is 0 Å². The second-order valence-corrected chi connectivity index (χ2v) is 6.04. The molecule has 0 amide bonds. The summed E-state index contributed by atoms with van der Waals surface area (Å²) in [5.74, 6) is 0. The van der Waals surface area contributed by atoms with Crippen LogP contribution in [-0.4, -0.2) is 6.04 Å². The molecule has 1 nitrogen and oxygen atoms in total. The summed E-state index contributed by atoms with van der Waals surface area (Å²) < 4.78 is 0. The number of aryl methyl sites for hydroxylation is 1. The first kappa shape index (κ1) is 14.6. The van der Waals surface area contributed by atoms with Crippen molar-refractivity contribution < 1.29 is 0 Å². The number of hydrogen-bond acceptors (Lipinski definition) is 1. The van der Waals surface area contributed by atoms with E-state index in [-0.39, 0.29) is 18.4 Å². The fraction of sp³-hybridized carbons (Fsp3) is 0.529. The minimum absolute atomic E-state index is 0. The largest absolute Gasteiger partial charge is 0.324 e. The van der Waals surface area contributed by atoms with Crippen LogP contribution in [0.2, 0.25) is 0 Å². The number of fused-ring (bicyclic) bond motifs is 2. The minimum atomic E-state index is 0. The van der Waals surface area contributed by atoms with Gasteiger partial charge in [0.25, 0.3) is 0 Å². The van der Waals surface area contributed by atoms with Gasteiger partial charge >= 0.3 is 0 Å². The highest BCUT2D eigenvalue weighted by molar-refractivity contribution is 5.85. The number of benzene rings is 1. The van der Waals surface area contributed by atoms with Gasteiger partial charge in [-0.15, -0.1) is 12.4 Å². The number of halogens is 1. The highest BCUT2D eigenvalue weighted by atomic mass is 35.5. The van der Waals surface area contributed by atoms with Gasteiger partial charge in [-0.25, -0.2) is 0 Å². The van der Waals surface area contributed by atoms with Crippen LogP contribution in [0.1, 0.15) is 50.7 Å². The SMILES string of the molecule is CC(=C1CCCC12CCc1ccccc12)C(C)N.Cl. The van der Waals surface area contributed by atoms with Crippen LogP contribution in [0.3, 0.4) is 0 Å². The lowest BCUT2D eigenvalue weighted by Crippen LogP contribution is -2.26. The molecule has 0 bridgehead atoms. The Labute approximate surface area is 122 Å². The monoisotopic (exact) mass is 277 g/mol. The molecule has 19 heavy (non-hydrogen) atoms. The number of hydrogen-bond donors (Lipinski definition) is 1. The van der Waals surface area contributed by atoms with Gasteiger partial charge in [-0.05, 0) is 57.1 Å². The first-order valence-corrected chi connectivity index (χ1v) is 7.19. The van der Waals surface area contributed by atoms with Crippen molar-refractivity contribution in [3.05, 3.63) is 46.5 Å². The fourth-order valence-electron chi connectivity index (χ4n) is 4.07. The van der Waals surface area contributed by atoms with Crippen molar-refractivity contribution in [2.24, 2.45) is 5.73 Å². The first-order valence-electron chi connectivity index (χ1n) is 7.19. The average Bonchev–Trinajstić information content (AvgIpc) is 2.96. The third-order valence-electron chi connectivity index (χ3n) is 5.12. The number of nitrogens with two attached hydrogens (primary N) is 1. The Bertz CT molecular complexity index is 504. The summed E-state index contributed by atoms with van der Waals surface area (Å²) in [5.41, 5.74) is 12.7. The van der Waals surface area contributed by atoms with E-state index in [4.69, 9.17) is 5.73 Å². The molecule has 2 atom stereocenters. The van der Waals surface area contributed by atoms with E-state index in [1.165, 1.54) is 37.7 Å². The van der Waals surface area contributed by atoms with Gasteiger partial charge in [0.2, 0.25) is 0 Å². The van der Waals surface area contributed by atoms with E-state index in [9.17, 15) is 0 Å². The highest BCUT2D eigenvalue weighted by Crippen LogP contribution is 2.54. The summed E-state index contributed by atoms with van der Waals surface area (Å²) in [6.45, 7) is 4.36. The molecule has 1 fully saturated rings. The van der Waals surface area contributed by atoms with Gasteiger partial charge in [-0.1, -0.05) is 35.4 Å². The van der Waals surface area contributed by atoms with Crippen LogP contribution in [0.4, 0.5) is 0 Å². The first-order chi connectivity index (χ1) is 8.65. The van der Waals surface area contributed by atoms with E-state index >= 15 is 0 Å². The molecule has 0 aromatic heterocycles. The molecule has 3 rings (SSSR count). The van der Waals surface area contributed by atoms with Crippen molar-refractivity contribution in [2.45, 2.75) is 57.4 Å².